The molecule has 0 bridgehead atoms. The average Bonchev–Trinajstić information content (AvgIpc) is 2.81. The van der Waals surface area contributed by atoms with Gasteiger partial charge in [-0.3, -0.25) is 9.59 Å². The monoisotopic (exact) mass is 655 g/mol. The Balaban J connectivity index is 1.44. The summed E-state index contributed by atoms with van der Waals surface area (Å²) in [6.07, 6.45) is -3.47. The lowest BCUT2D eigenvalue weighted by molar-refractivity contribution is -0.138. The van der Waals surface area contributed by atoms with Crippen LogP contribution in [0.25, 0.3) is 10.8 Å². The van der Waals surface area contributed by atoms with E-state index in [1.54, 1.807) is 60.7 Å². The third-order valence-corrected chi connectivity index (χ3v) is 7.17. The topological polar surface area (TPSA) is 80.6 Å². The Kier molecular flexibility index (Phi) is 8.29. The number of carbonyl (C=O) groups is 2. The van der Waals surface area contributed by atoms with Crippen molar-refractivity contribution in [3.63, 3.8) is 0 Å². The fraction of sp³-hybridized carbons (Fsp3) is 0.393. The number of hydrogen-bond donors (Lipinski definition) is 1. The van der Waals surface area contributed by atoms with Gasteiger partial charge >= 0.3 is 12.3 Å². The van der Waals surface area contributed by atoms with Crippen molar-refractivity contribution in [3.8, 4) is 0 Å². The van der Waals surface area contributed by atoms with Crippen LogP contribution in [-0.2, 0) is 33.1 Å². The van der Waals surface area contributed by atoms with Gasteiger partial charge < -0.3 is 19.5 Å². The fourth-order valence-electron chi connectivity index (χ4n) is 4.50. The summed E-state index contributed by atoms with van der Waals surface area (Å²) in [5.74, 6) is -0.380. The quantitative estimate of drug-likeness (QED) is 0.261. The molecular weight excluding hydrogens is 626 g/mol. The number of anilines is 1. The van der Waals surface area contributed by atoms with Crippen molar-refractivity contribution in [2.75, 3.05) is 18.4 Å². The number of halogens is 4. The maximum atomic E-state index is 13.4. The number of amides is 2. The zero-order valence-corrected chi connectivity index (χ0v) is 23.9. The summed E-state index contributed by atoms with van der Waals surface area (Å²) >= 11 is 1.88. The molecule has 208 valence electrons. The summed E-state index contributed by atoms with van der Waals surface area (Å²) in [4.78, 5) is 39.7. The van der Waals surface area contributed by atoms with Crippen molar-refractivity contribution in [3.05, 3.63) is 75.7 Å². The minimum Gasteiger partial charge on any atom is -0.444 e. The van der Waals surface area contributed by atoms with Crippen LogP contribution in [0.4, 0.5) is 23.7 Å². The molecule has 1 aromatic heterocycles. The van der Waals surface area contributed by atoms with Gasteiger partial charge in [0.15, 0.2) is 0 Å². The minimum absolute atomic E-state index is 0.107. The number of rotatable bonds is 6. The summed E-state index contributed by atoms with van der Waals surface area (Å²) in [5.41, 5.74) is -0.733. The van der Waals surface area contributed by atoms with Gasteiger partial charge in [-0.1, -0.05) is 40.8 Å². The molecule has 0 saturated carbocycles. The molecule has 0 aliphatic carbocycles. The number of nitrogens with zero attached hydrogens (tertiary/aromatic N) is 2. The van der Waals surface area contributed by atoms with E-state index < -0.39 is 23.2 Å². The van der Waals surface area contributed by atoms with E-state index in [1.807, 2.05) is 22.6 Å². The summed E-state index contributed by atoms with van der Waals surface area (Å²) in [6.45, 7) is 6.83. The Labute approximate surface area is 237 Å². The van der Waals surface area contributed by atoms with Gasteiger partial charge in [-0.2, -0.15) is 13.2 Å². The standard InChI is InChI=1S/C28H29F3IN3O4/c1-27(2,3)39-26(38)35-15-18(16-35)14-34-10-9-20-21(25(34)37)5-4-6-23(20)33-24(36)12-17-7-8-19(13-32)22(11-17)28(29,30)31/h4-11,18H,12-16H2,1-3H3,(H,33,36). The van der Waals surface area contributed by atoms with Crippen LogP contribution in [0.1, 0.15) is 37.5 Å². The van der Waals surface area contributed by atoms with Crippen LogP contribution in [0.2, 0.25) is 0 Å². The van der Waals surface area contributed by atoms with Gasteiger partial charge in [-0.05, 0) is 56.2 Å². The van der Waals surface area contributed by atoms with E-state index in [0.717, 1.165) is 6.07 Å². The molecule has 0 unspecified atom stereocenters. The number of alkyl halides is 4. The second kappa shape index (κ2) is 11.2. The molecular formula is C28H29F3IN3O4. The number of fused-ring (bicyclic) bond motifs is 1. The number of hydrogen-bond acceptors (Lipinski definition) is 4. The lowest BCUT2D eigenvalue weighted by Crippen LogP contribution is -2.53. The van der Waals surface area contributed by atoms with E-state index in [0.29, 0.717) is 36.1 Å². The number of ether oxygens (including phenoxy) is 1. The van der Waals surface area contributed by atoms with Crippen LogP contribution in [0, 0.1) is 5.92 Å². The first-order valence-electron chi connectivity index (χ1n) is 12.4. The summed E-state index contributed by atoms with van der Waals surface area (Å²) in [6, 6.07) is 10.6. The first-order valence-corrected chi connectivity index (χ1v) is 13.9. The number of aromatic nitrogens is 1. The van der Waals surface area contributed by atoms with Crippen LogP contribution < -0.4 is 10.9 Å². The van der Waals surface area contributed by atoms with Crippen molar-refractivity contribution in [2.45, 2.75) is 49.9 Å². The van der Waals surface area contributed by atoms with Crippen molar-refractivity contribution in [2.24, 2.45) is 5.92 Å². The third kappa shape index (κ3) is 6.92. The summed E-state index contributed by atoms with van der Waals surface area (Å²) in [5, 5.41) is 3.68. The predicted octanol–water partition coefficient (Wildman–Crippen LogP) is 6.00. The molecule has 2 amide bonds. The van der Waals surface area contributed by atoms with Gasteiger partial charge in [-0.25, -0.2) is 4.79 Å². The smallest absolute Gasteiger partial charge is 0.416 e. The molecule has 0 atom stereocenters. The molecule has 39 heavy (non-hydrogen) atoms. The average molecular weight is 655 g/mol. The van der Waals surface area contributed by atoms with Crippen LogP contribution in [0.15, 0.2) is 53.5 Å². The van der Waals surface area contributed by atoms with E-state index in [1.165, 1.54) is 12.1 Å². The summed E-state index contributed by atoms with van der Waals surface area (Å²) in [7, 11) is 0. The number of carbonyl (C=O) groups excluding carboxylic acids is 2. The number of benzene rings is 2. The highest BCUT2D eigenvalue weighted by molar-refractivity contribution is 14.1. The van der Waals surface area contributed by atoms with Crippen molar-refractivity contribution in [1.29, 1.82) is 0 Å². The molecule has 0 spiro atoms. The molecule has 1 saturated heterocycles. The zero-order chi connectivity index (χ0) is 28.5. The molecule has 1 fully saturated rings. The highest BCUT2D eigenvalue weighted by Gasteiger charge is 2.34. The van der Waals surface area contributed by atoms with Gasteiger partial charge in [0.2, 0.25) is 5.91 Å². The molecule has 3 aromatic rings. The van der Waals surface area contributed by atoms with Crippen molar-refractivity contribution >= 4 is 51.1 Å². The van der Waals surface area contributed by atoms with E-state index in [9.17, 15) is 27.6 Å². The van der Waals surface area contributed by atoms with E-state index in [2.05, 4.69) is 5.32 Å². The van der Waals surface area contributed by atoms with Crippen LogP contribution in [-0.4, -0.2) is 40.2 Å². The Hall–Kier alpha value is -3.09. The molecule has 2 heterocycles. The molecule has 0 radical (unpaired) electrons. The van der Waals surface area contributed by atoms with Crippen LogP contribution >= 0.6 is 22.6 Å². The van der Waals surface area contributed by atoms with E-state index in [-0.39, 0.29) is 39.5 Å². The highest BCUT2D eigenvalue weighted by Crippen LogP contribution is 2.34. The lowest BCUT2D eigenvalue weighted by atomic mass is 10.0. The van der Waals surface area contributed by atoms with Crippen LogP contribution in [0.5, 0.6) is 0 Å². The first-order chi connectivity index (χ1) is 18.2. The number of likely N-dealkylation sites (tertiary alicyclic amines) is 1. The Morgan fingerprint density at radius 2 is 1.79 bits per heavy atom. The Bertz CT molecular complexity index is 1460. The summed E-state index contributed by atoms with van der Waals surface area (Å²) < 4.78 is 47.4. The molecule has 1 N–H and O–H groups in total. The van der Waals surface area contributed by atoms with Gasteiger partial charge in [0.05, 0.1) is 12.0 Å². The molecule has 2 aromatic carbocycles. The maximum absolute atomic E-state index is 13.4. The van der Waals surface area contributed by atoms with Crippen molar-refractivity contribution in [1.82, 2.24) is 9.47 Å². The molecule has 4 rings (SSSR count). The number of nitrogens with one attached hydrogen (secondary N) is 1. The normalized spacial score (nSPS) is 14.3. The third-order valence-electron chi connectivity index (χ3n) is 6.34. The Morgan fingerprint density at radius 3 is 2.44 bits per heavy atom. The van der Waals surface area contributed by atoms with E-state index >= 15 is 0 Å². The molecule has 7 nitrogen and oxygen atoms in total. The largest absolute Gasteiger partial charge is 0.444 e. The predicted molar refractivity (Wildman–Crippen MR) is 151 cm³/mol. The van der Waals surface area contributed by atoms with Gasteiger partial charge in [0.25, 0.3) is 5.56 Å². The Morgan fingerprint density at radius 1 is 1.08 bits per heavy atom. The molecule has 1 aliphatic rings. The minimum atomic E-state index is -4.50. The van der Waals surface area contributed by atoms with Gasteiger partial charge in [0.1, 0.15) is 5.60 Å². The molecule has 11 heteroatoms. The maximum Gasteiger partial charge on any atom is 0.416 e. The van der Waals surface area contributed by atoms with Gasteiger partial charge in [0, 0.05) is 52.6 Å². The first kappa shape index (κ1) is 28.9. The second-order valence-electron chi connectivity index (χ2n) is 10.6. The molecule has 1 aliphatic heterocycles. The van der Waals surface area contributed by atoms with E-state index in [4.69, 9.17) is 4.74 Å². The zero-order valence-electron chi connectivity index (χ0n) is 21.8. The highest BCUT2D eigenvalue weighted by atomic mass is 127. The SMILES string of the molecule is CC(C)(C)OC(=O)N1CC(Cn2ccc3c(NC(=O)Cc4ccc(CI)c(C(F)(F)F)c4)cccc3c2=O)C1. The van der Waals surface area contributed by atoms with Gasteiger partial charge in [-0.15, -0.1) is 0 Å². The fourth-order valence-corrected chi connectivity index (χ4v) is 5.17. The van der Waals surface area contributed by atoms with Crippen LogP contribution in [0.3, 0.4) is 0 Å². The van der Waals surface area contributed by atoms with Crippen molar-refractivity contribution < 1.29 is 27.5 Å². The number of pyridine rings is 1. The lowest BCUT2D eigenvalue weighted by Gasteiger charge is -2.40. The second-order valence-corrected chi connectivity index (χ2v) is 11.4.